The largest absolute Gasteiger partial charge is 0.292 e. The molecule has 8 heteroatoms. The van der Waals surface area contributed by atoms with Crippen LogP contribution in [0.3, 0.4) is 0 Å². The Balaban J connectivity index is 1.55. The van der Waals surface area contributed by atoms with Crippen molar-refractivity contribution in [2.75, 3.05) is 5.01 Å². The molecule has 1 aliphatic heterocycles. The summed E-state index contributed by atoms with van der Waals surface area (Å²) in [5.74, 6) is 0. The lowest BCUT2D eigenvalue weighted by Crippen LogP contribution is -2.34. The molecule has 6 nitrogen and oxygen atoms in total. The first-order valence-electron chi connectivity index (χ1n) is 8.84. The van der Waals surface area contributed by atoms with E-state index in [2.05, 4.69) is 20.5 Å². The van der Waals surface area contributed by atoms with Gasteiger partial charge in [-0.05, 0) is 48.6 Å². The van der Waals surface area contributed by atoms with Crippen LogP contribution in [0.5, 0.6) is 0 Å². The smallest absolute Gasteiger partial charge is 0.131 e. The van der Waals surface area contributed by atoms with Gasteiger partial charge in [-0.15, -0.1) is 0 Å². The summed E-state index contributed by atoms with van der Waals surface area (Å²) in [4.78, 5) is 8.46. The van der Waals surface area contributed by atoms with Crippen molar-refractivity contribution in [1.29, 1.82) is 0 Å². The van der Waals surface area contributed by atoms with E-state index in [4.69, 9.17) is 23.2 Å². The van der Waals surface area contributed by atoms with Crippen molar-refractivity contribution in [3.05, 3.63) is 95.3 Å². The van der Waals surface area contributed by atoms with Gasteiger partial charge < -0.3 is 0 Å². The Morgan fingerprint density at radius 3 is 2.69 bits per heavy atom. The maximum absolute atomic E-state index is 6.13. The molecule has 0 saturated heterocycles. The molecule has 4 heterocycles. The van der Waals surface area contributed by atoms with Crippen molar-refractivity contribution >= 4 is 45.5 Å². The van der Waals surface area contributed by atoms with Gasteiger partial charge in [0.05, 0.1) is 34.5 Å². The number of hydrazine groups is 1. The molecular formula is C21H14Cl2N6. The molecule has 0 aliphatic carbocycles. The zero-order valence-electron chi connectivity index (χ0n) is 15.0. The Kier molecular flexibility index (Phi) is 4.42. The number of halogens is 2. The fourth-order valence-electron chi connectivity index (χ4n) is 3.26. The van der Waals surface area contributed by atoms with Crippen LogP contribution in [0.4, 0.5) is 5.69 Å². The number of benzene rings is 1. The Morgan fingerprint density at radius 2 is 1.79 bits per heavy atom. The number of hydrogen-bond donors (Lipinski definition) is 1. The molecule has 0 fully saturated rings. The van der Waals surface area contributed by atoms with E-state index in [1.54, 1.807) is 24.7 Å². The number of pyridine rings is 2. The lowest BCUT2D eigenvalue weighted by molar-refractivity contribution is 0.830. The van der Waals surface area contributed by atoms with Gasteiger partial charge in [0.25, 0.3) is 0 Å². The Hall–Kier alpha value is -3.35. The van der Waals surface area contributed by atoms with Crippen molar-refractivity contribution in [2.45, 2.75) is 0 Å². The second-order valence-corrected chi connectivity index (χ2v) is 7.18. The maximum Gasteiger partial charge on any atom is 0.131 e. The van der Waals surface area contributed by atoms with Gasteiger partial charge in [-0.3, -0.25) is 15.4 Å². The summed E-state index contributed by atoms with van der Waals surface area (Å²) in [5.41, 5.74) is 7.79. The fraction of sp³-hybridized carbons (Fsp3) is 0. The van der Waals surface area contributed by atoms with Crippen LogP contribution < -0.4 is 10.4 Å². The molecule has 1 N–H and O–H groups in total. The van der Waals surface area contributed by atoms with Crippen molar-refractivity contribution in [3.63, 3.8) is 0 Å². The zero-order chi connectivity index (χ0) is 19.8. The minimum atomic E-state index is 0.431. The highest BCUT2D eigenvalue weighted by Gasteiger charge is 2.16. The molecule has 3 aromatic heterocycles. The number of aromatic nitrogens is 4. The maximum atomic E-state index is 6.13. The van der Waals surface area contributed by atoms with E-state index in [0.29, 0.717) is 10.2 Å². The van der Waals surface area contributed by atoms with Gasteiger partial charge in [-0.2, -0.15) is 5.10 Å². The van der Waals surface area contributed by atoms with Crippen LogP contribution in [-0.2, 0) is 0 Å². The number of allylic oxidation sites excluding steroid dienone is 2. The number of nitrogens with one attached hydrogen (secondary N) is 1. The van der Waals surface area contributed by atoms with Crippen molar-refractivity contribution in [2.24, 2.45) is 0 Å². The predicted octanol–water partition coefficient (Wildman–Crippen LogP) is 5.00. The number of anilines is 1. The number of nitrogens with zero attached hydrogens (tertiary/aromatic N) is 5. The highest BCUT2D eigenvalue weighted by Crippen LogP contribution is 2.27. The average molecular weight is 421 g/mol. The van der Waals surface area contributed by atoms with E-state index in [1.165, 1.54) is 0 Å². The lowest BCUT2D eigenvalue weighted by atomic mass is 10.2. The summed E-state index contributed by atoms with van der Waals surface area (Å²) in [6, 6.07) is 13.2. The van der Waals surface area contributed by atoms with Crippen LogP contribution in [0, 0.1) is 0 Å². The van der Waals surface area contributed by atoms with Gasteiger partial charge in [0.2, 0.25) is 0 Å². The summed E-state index contributed by atoms with van der Waals surface area (Å²) in [6.45, 7) is 0. The van der Waals surface area contributed by atoms with E-state index in [9.17, 15) is 0 Å². The topological polar surface area (TPSA) is 58.9 Å². The third kappa shape index (κ3) is 3.33. The standard InChI is InChI=1S/C21H14Cl2N6/c22-14-3-4-16-18(12-14)24-9-6-19(16)29-20(7-10-26-29)17-2-1-11-28(27-17)15-5-8-25-21(23)13-15/h1-13,27H. The third-order valence-electron chi connectivity index (χ3n) is 4.56. The van der Waals surface area contributed by atoms with Crippen LogP contribution in [0.2, 0.25) is 10.2 Å². The van der Waals surface area contributed by atoms with E-state index >= 15 is 0 Å². The Labute approximate surface area is 176 Å². The van der Waals surface area contributed by atoms with Crippen LogP contribution in [-0.4, -0.2) is 19.7 Å². The first-order chi connectivity index (χ1) is 14.2. The van der Waals surface area contributed by atoms with Gasteiger partial charge >= 0.3 is 0 Å². The molecule has 0 radical (unpaired) electrons. The van der Waals surface area contributed by atoms with E-state index in [1.807, 2.05) is 64.4 Å². The molecule has 4 aromatic rings. The zero-order valence-corrected chi connectivity index (χ0v) is 16.5. The van der Waals surface area contributed by atoms with Crippen LogP contribution in [0.25, 0.3) is 22.3 Å². The highest BCUT2D eigenvalue weighted by molar-refractivity contribution is 6.31. The molecule has 0 bridgehead atoms. The van der Waals surface area contributed by atoms with Gasteiger partial charge in [-0.25, -0.2) is 9.67 Å². The highest BCUT2D eigenvalue weighted by atomic mass is 35.5. The Morgan fingerprint density at radius 1 is 0.897 bits per heavy atom. The molecule has 5 rings (SSSR count). The Bertz CT molecular complexity index is 1280. The molecule has 0 atom stereocenters. The van der Waals surface area contributed by atoms with Crippen molar-refractivity contribution in [3.8, 4) is 5.69 Å². The molecule has 0 amide bonds. The number of rotatable bonds is 3. The van der Waals surface area contributed by atoms with Gasteiger partial charge in [0, 0.05) is 35.1 Å². The number of fused-ring (bicyclic) bond motifs is 1. The lowest BCUT2D eigenvalue weighted by Gasteiger charge is -2.27. The van der Waals surface area contributed by atoms with Gasteiger partial charge in [0.15, 0.2) is 0 Å². The summed E-state index contributed by atoms with van der Waals surface area (Å²) in [6.07, 6.45) is 11.1. The summed E-state index contributed by atoms with van der Waals surface area (Å²) in [5, 5.41) is 8.47. The van der Waals surface area contributed by atoms with Gasteiger partial charge in [-0.1, -0.05) is 23.2 Å². The SMILES string of the molecule is Clc1ccc2c(-n3nccc3C3=CC=CN(c4ccnc(Cl)c4)N3)ccnc2c1. The first-order valence-corrected chi connectivity index (χ1v) is 9.60. The second-order valence-electron chi connectivity index (χ2n) is 6.36. The first kappa shape index (κ1) is 17.7. The summed E-state index contributed by atoms with van der Waals surface area (Å²) < 4.78 is 1.88. The monoisotopic (exact) mass is 420 g/mol. The van der Waals surface area contributed by atoms with Crippen LogP contribution >= 0.6 is 23.2 Å². The molecular weight excluding hydrogens is 407 g/mol. The summed E-state index contributed by atoms with van der Waals surface area (Å²) in [7, 11) is 0. The van der Waals surface area contributed by atoms with E-state index in [0.717, 1.165) is 33.7 Å². The quantitative estimate of drug-likeness (QED) is 0.472. The predicted molar refractivity (Wildman–Crippen MR) is 116 cm³/mol. The average Bonchev–Trinajstić information content (AvgIpc) is 3.23. The molecule has 1 aromatic carbocycles. The molecule has 29 heavy (non-hydrogen) atoms. The molecule has 0 spiro atoms. The fourth-order valence-corrected chi connectivity index (χ4v) is 3.59. The normalized spacial score (nSPS) is 13.4. The minimum Gasteiger partial charge on any atom is -0.292 e. The number of hydrogen-bond acceptors (Lipinski definition) is 5. The molecule has 0 unspecified atom stereocenters. The second kappa shape index (κ2) is 7.24. The molecule has 142 valence electrons. The van der Waals surface area contributed by atoms with Crippen molar-refractivity contribution < 1.29 is 0 Å². The van der Waals surface area contributed by atoms with E-state index in [-0.39, 0.29) is 0 Å². The van der Waals surface area contributed by atoms with Gasteiger partial charge in [0.1, 0.15) is 5.15 Å². The molecule has 1 aliphatic rings. The van der Waals surface area contributed by atoms with Crippen molar-refractivity contribution in [1.82, 2.24) is 25.2 Å². The van der Waals surface area contributed by atoms with E-state index < -0.39 is 0 Å². The van der Waals surface area contributed by atoms with Crippen LogP contribution in [0.15, 0.2) is 79.4 Å². The summed E-state index contributed by atoms with van der Waals surface area (Å²) >= 11 is 12.2. The minimum absolute atomic E-state index is 0.431. The third-order valence-corrected chi connectivity index (χ3v) is 5.00. The van der Waals surface area contributed by atoms with Crippen LogP contribution in [0.1, 0.15) is 5.69 Å². The molecule has 0 saturated carbocycles.